The third-order valence-electron chi connectivity index (χ3n) is 7.67. The van der Waals surface area contributed by atoms with Gasteiger partial charge in [-0.25, -0.2) is 9.37 Å². The largest absolute Gasteiger partial charge is 0.381 e. The molecule has 0 saturated carbocycles. The van der Waals surface area contributed by atoms with E-state index in [9.17, 15) is 9.18 Å². The van der Waals surface area contributed by atoms with E-state index < -0.39 is 5.82 Å². The number of hydrogen-bond donors (Lipinski definition) is 0. The van der Waals surface area contributed by atoms with Crippen LogP contribution >= 0.6 is 0 Å². The summed E-state index contributed by atoms with van der Waals surface area (Å²) in [6.07, 6.45) is 7.13. The summed E-state index contributed by atoms with van der Waals surface area (Å²) < 4.78 is 27.6. The van der Waals surface area contributed by atoms with Gasteiger partial charge in [0.15, 0.2) is 5.82 Å². The maximum absolute atomic E-state index is 14.4. The van der Waals surface area contributed by atoms with Gasteiger partial charge < -0.3 is 19.3 Å². The molecule has 2 fully saturated rings. The minimum absolute atomic E-state index is 0.152. The second kappa shape index (κ2) is 12.7. The van der Waals surface area contributed by atoms with Crippen LogP contribution in [0.3, 0.4) is 0 Å². The molecule has 1 aromatic carbocycles. The molecular formula is C30H38FN5O3. The van der Waals surface area contributed by atoms with Gasteiger partial charge in [0.05, 0.1) is 25.0 Å². The van der Waals surface area contributed by atoms with Gasteiger partial charge in [-0.1, -0.05) is 19.1 Å². The van der Waals surface area contributed by atoms with Gasteiger partial charge in [0, 0.05) is 63.4 Å². The van der Waals surface area contributed by atoms with E-state index in [1.165, 1.54) is 41.4 Å². The number of ether oxygens (including phenoxy) is 2. The fourth-order valence-electron chi connectivity index (χ4n) is 5.49. The summed E-state index contributed by atoms with van der Waals surface area (Å²) in [4.78, 5) is 25.7. The van der Waals surface area contributed by atoms with E-state index >= 15 is 0 Å². The van der Waals surface area contributed by atoms with Gasteiger partial charge in [-0.3, -0.25) is 14.3 Å². The predicted octanol–water partition coefficient (Wildman–Crippen LogP) is 4.59. The van der Waals surface area contributed by atoms with Crippen molar-refractivity contribution in [3.8, 4) is 11.3 Å². The van der Waals surface area contributed by atoms with E-state index in [0.717, 1.165) is 56.8 Å². The molecule has 2 saturated heterocycles. The highest BCUT2D eigenvalue weighted by molar-refractivity contribution is 5.60. The molecule has 2 aromatic heterocycles. The Bertz CT molecular complexity index is 1300. The lowest BCUT2D eigenvalue weighted by Gasteiger charge is -2.34. The lowest BCUT2D eigenvalue weighted by molar-refractivity contribution is 0.0390. The molecule has 1 unspecified atom stereocenters. The predicted molar refractivity (Wildman–Crippen MR) is 151 cm³/mol. The molecular weight excluding hydrogens is 497 g/mol. The summed E-state index contributed by atoms with van der Waals surface area (Å²) in [6.45, 7) is 7.69. The highest BCUT2D eigenvalue weighted by Crippen LogP contribution is 2.30. The van der Waals surface area contributed by atoms with Crippen molar-refractivity contribution in [1.82, 2.24) is 14.5 Å². The summed E-state index contributed by atoms with van der Waals surface area (Å²) in [5, 5.41) is 0. The van der Waals surface area contributed by atoms with Crippen molar-refractivity contribution < 1.29 is 13.9 Å². The molecule has 2 aliphatic rings. The topological polar surface area (TPSA) is 72.7 Å². The highest BCUT2D eigenvalue weighted by atomic mass is 19.1. The minimum atomic E-state index is -0.505. The molecule has 0 bridgehead atoms. The number of benzene rings is 1. The third kappa shape index (κ3) is 6.47. The van der Waals surface area contributed by atoms with Gasteiger partial charge in [-0.05, 0) is 55.4 Å². The molecule has 4 heterocycles. The first-order valence-corrected chi connectivity index (χ1v) is 14.0. The smallest absolute Gasteiger partial charge is 0.255 e. The highest BCUT2D eigenvalue weighted by Gasteiger charge is 2.27. The lowest BCUT2D eigenvalue weighted by atomic mass is 10.0. The van der Waals surface area contributed by atoms with Gasteiger partial charge in [0.25, 0.3) is 5.56 Å². The molecule has 8 nitrogen and oxygen atoms in total. The van der Waals surface area contributed by atoms with Crippen LogP contribution in [0.2, 0.25) is 0 Å². The Morgan fingerprint density at radius 1 is 1.10 bits per heavy atom. The van der Waals surface area contributed by atoms with Crippen LogP contribution in [-0.4, -0.2) is 60.5 Å². The van der Waals surface area contributed by atoms with Crippen molar-refractivity contribution in [3.05, 3.63) is 70.5 Å². The van der Waals surface area contributed by atoms with Crippen LogP contribution in [0.15, 0.2) is 53.6 Å². The monoisotopic (exact) mass is 535 g/mol. The summed E-state index contributed by atoms with van der Waals surface area (Å²) in [5.41, 5.74) is 2.66. The molecule has 0 radical (unpaired) electrons. The number of hydrogen-bond acceptors (Lipinski definition) is 7. The van der Waals surface area contributed by atoms with Crippen LogP contribution in [0.5, 0.6) is 0 Å². The zero-order chi connectivity index (χ0) is 27.2. The molecule has 0 spiro atoms. The molecule has 2 aliphatic heterocycles. The van der Waals surface area contributed by atoms with Crippen LogP contribution in [-0.2, 0) is 16.5 Å². The first-order valence-electron chi connectivity index (χ1n) is 14.0. The van der Waals surface area contributed by atoms with Gasteiger partial charge >= 0.3 is 0 Å². The summed E-state index contributed by atoms with van der Waals surface area (Å²) in [5.74, 6) is 0.719. The number of anilines is 2. The molecule has 9 heteroatoms. The number of rotatable bonds is 10. The average Bonchev–Trinajstić information content (AvgIpc) is 3.44. The summed E-state index contributed by atoms with van der Waals surface area (Å²) >= 11 is 0. The molecule has 0 aliphatic carbocycles. The average molecular weight is 536 g/mol. The van der Waals surface area contributed by atoms with Gasteiger partial charge in [0.2, 0.25) is 5.95 Å². The fraction of sp³-hybridized carbons (Fsp3) is 0.500. The maximum atomic E-state index is 14.4. The Morgan fingerprint density at radius 3 is 2.74 bits per heavy atom. The first kappa shape index (κ1) is 27.3. The van der Waals surface area contributed by atoms with E-state index in [1.54, 1.807) is 7.05 Å². The molecule has 208 valence electrons. The summed E-state index contributed by atoms with van der Waals surface area (Å²) in [7, 11) is 1.69. The van der Waals surface area contributed by atoms with Crippen molar-refractivity contribution in [3.63, 3.8) is 0 Å². The van der Waals surface area contributed by atoms with Crippen LogP contribution in [0.25, 0.3) is 11.3 Å². The molecule has 5 rings (SSSR count). The Labute approximate surface area is 229 Å². The normalized spacial score (nSPS) is 19.6. The number of morpholine rings is 1. The Morgan fingerprint density at radius 2 is 1.95 bits per heavy atom. The van der Waals surface area contributed by atoms with Crippen molar-refractivity contribution in [2.75, 3.05) is 55.8 Å². The quantitative estimate of drug-likeness (QED) is 0.352. The van der Waals surface area contributed by atoms with Crippen LogP contribution in [0.1, 0.15) is 44.3 Å². The zero-order valence-electron chi connectivity index (χ0n) is 22.9. The number of aromatic nitrogens is 3. The number of halogens is 1. The van der Waals surface area contributed by atoms with Crippen molar-refractivity contribution in [1.29, 1.82) is 0 Å². The Balaban J connectivity index is 1.23. The van der Waals surface area contributed by atoms with Crippen LogP contribution in [0.4, 0.5) is 16.0 Å². The third-order valence-corrected chi connectivity index (χ3v) is 7.67. The Kier molecular flexibility index (Phi) is 8.88. The van der Waals surface area contributed by atoms with Crippen molar-refractivity contribution in [2.24, 2.45) is 13.0 Å². The SMILES string of the molecule is CCCOCCC[C@@H]1CCN(c2ccc(C3CN(c4nc(-c5ccncc5F)cc(=O)n4C)CCO3)cc2)C1. The van der Waals surface area contributed by atoms with Gasteiger partial charge in [-0.15, -0.1) is 0 Å². The lowest BCUT2D eigenvalue weighted by Crippen LogP contribution is -2.41. The Hall–Kier alpha value is -3.30. The first-order chi connectivity index (χ1) is 19.0. The van der Waals surface area contributed by atoms with E-state index in [1.807, 2.05) is 4.90 Å². The van der Waals surface area contributed by atoms with E-state index in [4.69, 9.17) is 9.47 Å². The zero-order valence-corrected chi connectivity index (χ0v) is 22.9. The minimum Gasteiger partial charge on any atom is -0.381 e. The number of nitrogens with zero attached hydrogens (tertiary/aromatic N) is 5. The van der Waals surface area contributed by atoms with Crippen LogP contribution < -0.4 is 15.4 Å². The maximum Gasteiger partial charge on any atom is 0.255 e. The molecule has 2 atom stereocenters. The van der Waals surface area contributed by atoms with E-state index in [0.29, 0.717) is 31.3 Å². The second-order valence-corrected chi connectivity index (χ2v) is 10.4. The second-order valence-electron chi connectivity index (χ2n) is 10.4. The van der Waals surface area contributed by atoms with E-state index in [2.05, 4.69) is 46.1 Å². The van der Waals surface area contributed by atoms with Crippen molar-refractivity contribution in [2.45, 2.75) is 38.7 Å². The number of pyridine rings is 1. The molecule has 39 heavy (non-hydrogen) atoms. The standard InChI is InChI=1S/C30H38FN5O3/c1-3-15-38-16-4-5-22-11-13-35(20-22)24-8-6-23(7-9-24)28-21-36(14-17-39-28)30-33-27(18-29(37)34(30)2)25-10-12-32-19-26(25)31/h6-10,12,18-19,22,28H,3-5,11,13-17,20-21H2,1-2H3/t22-,28?/m1/s1. The van der Waals surface area contributed by atoms with Crippen molar-refractivity contribution >= 4 is 11.6 Å². The fourth-order valence-corrected chi connectivity index (χ4v) is 5.49. The van der Waals surface area contributed by atoms with Crippen LogP contribution in [0, 0.1) is 11.7 Å². The summed E-state index contributed by atoms with van der Waals surface area (Å²) in [6, 6.07) is 11.6. The molecule has 3 aromatic rings. The molecule has 0 N–H and O–H groups in total. The van der Waals surface area contributed by atoms with Gasteiger partial charge in [0.1, 0.15) is 6.10 Å². The van der Waals surface area contributed by atoms with E-state index in [-0.39, 0.29) is 17.2 Å². The van der Waals surface area contributed by atoms with Gasteiger partial charge in [-0.2, -0.15) is 0 Å². The molecule has 0 amide bonds.